The number of hydrogen-bond acceptors (Lipinski definition) is 17. The molecular weight excluding hydrogens is 566 g/mol. The van der Waals surface area contributed by atoms with Crippen molar-refractivity contribution in [3.05, 3.63) is 0 Å². The molecule has 3 fully saturated rings. The number of nitrogens with one attached hydrogen (secondary N) is 2. The summed E-state index contributed by atoms with van der Waals surface area (Å²) < 4.78 is 17.3. The van der Waals surface area contributed by atoms with Gasteiger partial charge in [-0.1, -0.05) is 0 Å². The first kappa shape index (κ1) is 35.3. The summed E-state index contributed by atoms with van der Waals surface area (Å²) >= 11 is 0. The molecule has 1 saturated carbocycles. The number of aliphatic hydroxyl groups excluding tert-OH is 9. The predicted molar refractivity (Wildman–Crippen MR) is 141 cm³/mol. The van der Waals surface area contributed by atoms with Gasteiger partial charge in [0.25, 0.3) is 0 Å². The van der Waals surface area contributed by atoms with Crippen LogP contribution in [0, 0.1) is 5.92 Å². The number of amides is 1. The summed E-state index contributed by atoms with van der Waals surface area (Å²) in [6.45, 7) is -0.759. The van der Waals surface area contributed by atoms with Crippen LogP contribution in [-0.2, 0) is 19.0 Å². The lowest BCUT2D eigenvalue weighted by molar-refractivity contribution is -0.310. The summed E-state index contributed by atoms with van der Waals surface area (Å²) in [7, 11) is 0. The minimum absolute atomic E-state index is 0.0277. The Balaban J connectivity index is 1.88. The predicted octanol–water partition coefficient (Wildman–Crippen LogP) is -8.53. The molecule has 18 nitrogen and oxygen atoms in total. The summed E-state index contributed by atoms with van der Waals surface area (Å²) in [4.78, 5) is 12.5. The van der Waals surface area contributed by atoms with Crippen LogP contribution in [0.4, 0.5) is 0 Å². The zero-order valence-corrected chi connectivity index (χ0v) is 23.1. The maximum atomic E-state index is 12.5. The summed E-state index contributed by atoms with van der Waals surface area (Å²) in [6, 6.07) is -3.43. The van der Waals surface area contributed by atoms with E-state index in [0.717, 1.165) is 0 Å². The van der Waals surface area contributed by atoms with E-state index in [0.29, 0.717) is 13.0 Å². The van der Waals surface area contributed by atoms with Crippen LogP contribution in [0.5, 0.6) is 0 Å². The third-order valence-corrected chi connectivity index (χ3v) is 8.22. The Morgan fingerprint density at radius 2 is 1.62 bits per heavy atom. The molecule has 0 aromatic rings. The number of nitrogens with two attached hydrogens (primary N) is 3. The molecule has 42 heavy (non-hydrogen) atoms. The molecule has 2 saturated heterocycles. The van der Waals surface area contributed by atoms with Gasteiger partial charge in [0.1, 0.15) is 48.8 Å². The van der Waals surface area contributed by atoms with E-state index in [4.69, 9.17) is 36.5 Å². The van der Waals surface area contributed by atoms with E-state index < -0.39 is 117 Å². The molecule has 0 aromatic carbocycles. The molecule has 0 radical (unpaired) electrons. The number of hydrogen-bond donors (Lipinski definition) is 14. The second kappa shape index (κ2) is 15.7. The van der Waals surface area contributed by atoms with Gasteiger partial charge in [0.15, 0.2) is 6.29 Å². The number of carbonyl (C=O) groups is 1. The highest BCUT2D eigenvalue weighted by Crippen LogP contribution is 2.37. The standard InChI is InChI=1S/C24H47N5O13/c25-5-10(32)23(39)29-9-4-8(26)13(22-20(38)19(37)16(34)11(40-22)6-28-2-1-3-30)17(35)21(9)42-24-18(36)14(27)15(33)12(7-31)41-24/h8-22,24,28,30-38H,1-7,25-27H2,(H,29,39)/t8-,9+,10-,11+,12+,13?,14-,15+,16+,17-,18+,19-,20+,21-,22+,24+/m0/s1. The maximum absolute atomic E-state index is 12.5. The first-order valence-electron chi connectivity index (χ1n) is 14.0. The van der Waals surface area contributed by atoms with Gasteiger partial charge in [0.05, 0.1) is 37.0 Å². The van der Waals surface area contributed by atoms with E-state index in [1.54, 1.807) is 0 Å². The number of carbonyl (C=O) groups excluding carboxylic acids is 1. The van der Waals surface area contributed by atoms with Crippen LogP contribution in [0.3, 0.4) is 0 Å². The Hall–Kier alpha value is -1.17. The molecule has 16 atom stereocenters. The molecule has 2 aliphatic heterocycles. The van der Waals surface area contributed by atoms with E-state index in [-0.39, 0.29) is 19.6 Å². The van der Waals surface area contributed by atoms with Gasteiger partial charge in [-0.2, -0.15) is 0 Å². The third kappa shape index (κ3) is 7.72. The minimum Gasteiger partial charge on any atom is -0.396 e. The zero-order chi connectivity index (χ0) is 31.3. The van der Waals surface area contributed by atoms with Gasteiger partial charge >= 0.3 is 0 Å². The lowest BCUT2D eigenvalue weighted by Gasteiger charge is -2.52. The van der Waals surface area contributed by atoms with Gasteiger partial charge in [0, 0.05) is 31.7 Å². The number of aliphatic hydroxyl groups is 9. The Kier molecular flexibility index (Phi) is 13.2. The highest BCUT2D eigenvalue weighted by atomic mass is 16.7. The van der Waals surface area contributed by atoms with Gasteiger partial charge in [-0.25, -0.2) is 0 Å². The van der Waals surface area contributed by atoms with Crippen LogP contribution in [0.15, 0.2) is 0 Å². The highest BCUT2D eigenvalue weighted by molar-refractivity contribution is 5.81. The molecule has 1 unspecified atom stereocenters. The second-order valence-corrected chi connectivity index (χ2v) is 11.1. The molecule has 1 amide bonds. The van der Waals surface area contributed by atoms with Gasteiger partial charge < -0.3 is 88.0 Å². The molecule has 3 aliphatic rings. The van der Waals surface area contributed by atoms with Gasteiger partial charge in [-0.15, -0.1) is 0 Å². The summed E-state index contributed by atoms with van der Waals surface area (Å²) in [5.74, 6) is -2.07. The molecule has 17 N–H and O–H groups in total. The topological polar surface area (TPSA) is 329 Å². The fourth-order valence-corrected chi connectivity index (χ4v) is 5.73. The molecule has 246 valence electrons. The smallest absolute Gasteiger partial charge is 0.250 e. The normalized spacial score (nSPS) is 45.4. The molecular formula is C24H47N5O13. The van der Waals surface area contributed by atoms with Crippen molar-refractivity contribution in [3.63, 3.8) is 0 Å². The monoisotopic (exact) mass is 613 g/mol. The quantitative estimate of drug-likeness (QED) is 0.0908. The minimum atomic E-state index is -1.70. The van der Waals surface area contributed by atoms with Crippen LogP contribution in [-0.4, -0.2) is 176 Å². The molecule has 1 aliphatic carbocycles. The summed E-state index contributed by atoms with van der Waals surface area (Å²) in [5, 5.41) is 98.4. The van der Waals surface area contributed by atoms with Crippen molar-refractivity contribution in [2.45, 2.75) is 104 Å². The summed E-state index contributed by atoms with van der Waals surface area (Å²) in [5.41, 5.74) is 17.7. The van der Waals surface area contributed by atoms with Crippen LogP contribution < -0.4 is 27.8 Å². The van der Waals surface area contributed by atoms with Crippen molar-refractivity contribution in [3.8, 4) is 0 Å². The second-order valence-electron chi connectivity index (χ2n) is 11.1. The van der Waals surface area contributed by atoms with Crippen LogP contribution in [0.25, 0.3) is 0 Å². The Labute approximate surface area is 242 Å². The van der Waals surface area contributed by atoms with E-state index in [2.05, 4.69) is 10.6 Å². The highest BCUT2D eigenvalue weighted by Gasteiger charge is 2.55. The molecule has 2 heterocycles. The Morgan fingerprint density at radius 1 is 0.929 bits per heavy atom. The molecule has 3 rings (SSSR count). The molecule has 0 aromatic heterocycles. The zero-order valence-electron chi connectivity index (χ0n) is 23.1. The summed E-state index contributed by atoms with van der Waals surface area (Å²) in [6.07, 6.45) is -17.7. The van der Waals surface area contributed by atoms with Crippen LogP contribution >= 0.6 is 0 Å². The fourth-order valence-electron chi connectivity index (χ4n) is 5.73. The van der Waals surface area contributed by atoms with E-state index >= 15 is 0 Å². The largest absolute Gasteiger partial charge is 0.396 e. The van der Waals surface area contributed by atoms with Gasteiger partial charge in [-0.05, 0) is 19.4 Å². The van der Waals surface area contributed by atoms with Crippen molar-refractivity contribution in [2.24, 2.45) is 23.1 Å². The van der Waals surface area contributed by atoms with E-state index in [1.807, 2.05) is 0 Å². The SMILES string of the molecule is NC[C@H](O)C(=O)N[C@@H]1C[C@H](N)C([C@H]2O[C@H](CNCCCO)[C@@H](O)[C@H](O)[C@H]2O)[C@H](O)[C@H]1O[C@H]1O[C@H](CO)[C@@H](O)[C@H](N)[C@H]1O. The Morgan fingerprint density at radius 3 is 2.24 bits per heavy atom. The average molecular weight is 614 g/mol. The van der Waals surface area contributed by atoms with E-state index in [9.17, 15) is 45.6 Å². The van der Waals surface area contributed by atoms with Crippen LogP contribution in [0.1, 0.15) is 12.8 Å². The number of rotatable bonds is 12. The van der Waals surface area contributed by atoms with E-state index in [1.165, 1.54) is 0 Å². The third-order valence-electron chi connectivity index (χ3n) is 8.22. The van der Waals surface area contributed by atoms with Crippen molar-refractivity contribution in [2.75, 3.05) is 32.8 Å². The molecule has 18 heteroatoms. The Bertz CT molecular complexity index is 849. The number of ether oxygens (including phenoxy) is 3. The van der Waals surface area contributed by atoms with Crippen molar-refractivity contribution in [1.29, 1.82) is 0 Å². The first-order chi connectivity index (χ1) is 19.9. The lowest BCUT2D eigenvalue weighted by Crippen LogP contribution is -2.71. The fraction of sp³-hybridized carbons (Fsp3) is 0.958. The average Bonchev–Trinajstić information content (AvgIpc) is 2.97. The van der Waals surface area contributed by atoms with Crippen molar-refractivity contribution < 1.29 is 65.0 Å². The van der Waals surface area contributed by atoms with Gasteiger partial charge in [-0.3, -0.25) is 4.79 Å². The first-order valence-corrected chi connectivity index (χ1v) is 14.0. The lowest BCUT2D eigenvalue weighted by atomic mass is 9.72. The van der Waals surface area contributed by atoms with Gasteiger partial charge in [0.2, 0.25) is 5.91 Å². The van der Waals surface area contributed by atoms with Crippen molar-refractivity contribution in [1.82, 2.24) is 10.6 Å². The van der Waals surface area contributed by atoms with Crippen LogP contribution in [0.2, 0.25) is 0 Å². The van der Waals surface area contributed by atoms with Crippen molar-refractivity contribution >= 4 is 5.91 Å². The molecule has 0 bridgehead atoms. The molecule has 0 spiro atoms. The maximum Gasteiger partial charge on any atom is 0.250 e.